The molecule has 0 aliphatic carbocycles. The highest BCUT2D eigenvalue weighted by Crippen LogP contribution is 2.28. The third-order valence-electron chi connectivity index (χ3n) is 4.26. The smallest absolute Gasteiger partial charge is 0.0737 e. The molecule has 0 bridgehead atoms. The van der Waals surface area contributed by atoms with Gasteiger partial charge in [0.2, 0.25) is 0 Å². The van der Waals surface area contributed by atoms with Gasteiger partial charge in [-0.05, 0) is 35.9 Å². The molecule has 2 unspecified atom stereocenters. The van der Waals surface area contributed by atoms with E-state index in [-0.39, 0.29) is 0 Å². The van der Waals surface area contributed by atoms with Crippen molar-refractivity contribution >= 4 is 0 Å². The Kier molecular flexibility index (Phi) is 4.08. The fourth-order valence-electron chi connectivity index (χ4n) is 2.70. The Hall–Kier alpha value is -0.860. The third-order valence-corrected chi connectivity index (χ3v) is 4.26. The summed E-state index contributed by atoms with van der Waals surface area (Å²) < 4.78 is 0. The maximum atomic E-state index is 10.7. The van der Waals surface area contributed by atoms with E-state index >= 15 is 0 Å². The van der Waals surface area contributed by atoms with E-state index in [1.165, 1.54) is 11.1 Å². The summed E-state index contributed by atoms with van der Waals surface area (Å²) in [7, 11) is 0. The molecule has 0 aromatic heterocycles. The first-order valence-corrected chi connectivity index (χ1v) is 7.03. The second-order valence-electron chi connectivity index (χ2n) is 6.03. The van der Waals surface area contributed by atoms with Crippen LogP contribution in [0.25, 0.3) is 0 Å². The van der Waals surface area contributed by atoms with E-state index in [0.717, 1.165) is 25.9 Å². The second kappa shape index (κ2) is 5.41. The van der Waals surface area contributed by atoms with Gasteiger partial charge in [0.25, 0.3) is 0 Å². The lowest BCUT2D eigenvalue weighted by atomic mass is 9.78. The summed E-state index contributed by atoms with van der Waals surface area (Å²) >= 11 is 0. The van der Waals surface area contributed by atoms with E-state index in [1.54, 1.807) is 0 Å². The van der Waals surface area contributed by atoms with Crippen molar-refractivity contribution in [3.8, 4) is 0 Å². The van der Waals surface area contributed by atoms with Crippen LogP contribution in [0.5, 0.6) is 0 Å². The van der Waals surface area contributed by atoms with Crippen LogP contribution in [-0.2, 0) is 6.42 Å². The van der Waals surface area contributed by atoms with Gasteiger partial charge in [-0.2, -0.15) is 0 Å². The molecule has 1 fully saturated rings. The molecular formula is C16H25NO. The van der Waals surface area contributed by atoms with Crippen molar-refractivity contribution in [2.75, 3.05) is 13.1 Å². The lowest BCUT2D eigenvalue weighted by Crippen LogP contribution is -2.50. The minimum atomic E-state index is -0.537. The Morgan fingerprint density at radius 3 is 2.56 bits per heavy atom. The first-order chi connectivity index (χ1) is 8.51. The molecular weight excluding hydrogens is 222 g/mol. The van der Waals surface area contributed by atoms with Crippen LogP contribution in [0.3, 0.4) is 0 Å². The van der Waals surface area contributed by atoms with E-state index in [1.807, 2.05) is 0 Å². The lowest BCUT2D eigenvalue weighted by molar-refractivity contribution is -0.0329. The van der Waals surface area contributed by atoms with Gasteiger partial charge in [0, 0.05) is 13.0 Å². The molecule has 100 valence electrons. The Morgan fingerprint density at radius 1 is 1.33 bits per heavy atom. The molecule has 1 aromatic rings. The summed E-state index contributed by atoms with van der Waals surface area (Å²) in [4.78, 5) is 0. The standard InChI is InChI=1S/C16H25NO/c1-12(2)15-6-4-14(5-7-15)10-16(18)8-9-17-11-13(16)3/h4-7,12-13,17-18H,8-11H2,1-3H3. The molecule has 2 heteroatoms. The summed E-state index contributed by atoms with van der Waals surface area (Å²) in [6.07, 6.45) is 1.62. The van der Waals surface area contributed by atoms with Crippen molar-refractivity contribution in [3.63, 3.8) is 0 Å². The summed E-state index contributed by atoms with van der Waals surface area (Å²) in [5.74, 6) is 0.885. The van der Waals surface area contributed by atoms with Gasteiger partial charge in [-0.3, -0.25) is 0 Å². The SMILES string of the molecule is CC(C)c1ccc(CC2(O)CCNCC2C)cc1. The van der Waals surface area contributed by atoms with Crippen LogP contribution >= 0.6 is 0 Å². The predicted octanol–water partition coefficient (Wildman–Crippen LogP) is 2.71. The molecule has 0 spiro atoms. The van der Waals surface area contributed by atoms with E-state index < -0.39 is 5.60 Å². The van der Waals surface area contributed by atoms with Crippen LogP contribution < -0.4 is 5.32 Å². The maximum absolute atomic E-state index is 10.7. The van der Waals surface area contributed by atoms with Crippen LogP contribution in [0.15, 0.2) is 24.3 Å². The van der Waals surface area contributed by atoms with E-state index in [9.17, 15) is 5.11 Å². The average Bonchev–Trinajstić information content (AvgIpc) is 2.34. The van der Waals surface area contributed by atoms with Crippen molar-refractivity contribution in [2.45, 2.75) is 45.1 Å². The number of aliphatic hydroxyl groups is 1. The highest BCUT2D eigenvalue weighted by Gasteiger charge is 2.35. The number of nitrogens with one attached hydrogen (secondary N) is 1. The van der Waals surface area contributed by atoms with Crippen molar-refractivity contribution < 1.29 is 5.11 Å². The van der Waals surface area contributed by atoms with Gasteiger partial charge in [-0.25, -0.2) is 0 Å². The Bertz CT molecular complexity index is 385. The Balaban J connectivity index is 2.08. The fraction of sp³-hybridized carbons (Fsp3) is 0.625. The monoisotopic (exact) mass is 247 g/mol. The zero-order chi connectivity index (χ0) is 13.2. The molecule has 1 saturated heterocycles. The van der Waals surface area contributed by atoms with Gasteiger partial charge in [-0.1, -0.05) is 45.0 Å². The highest BCUT2D eigenvalue weighted by atomic mass is 16.3. The molecule has 1 aliphatic rings. The van der Waals surface area contributed by atoms with Gasteiger partial charge >= 0.3 is 0 Å². The molecule has 1 heterocycles. The summed E-state index contributed by atoms with van der Waals surface area (Å²) in [5, 5.41) is 14.1. The van der Waals surface area contributed by atoms with Crippen molar-refractivity contribution in [1.82, 2.24) is 5.32 Å². The normalized spacial score (nSPS) is 28.6. The molecule has 2 atom stereocenters. The zero-order valence-electron chi connectivity index (χ0n) is 11.7. The van der Waals surface area contributed by atoms with Gasteiger partial charge in [-0.15, -0.1) is 0 Å². The fourth-order valence-corrected chi connectivity index (χ4v) is 2.70. The third kappa shape index (κ3) is 2.93. The molecule has 1 aromatic carbocycles. The van der Waals surface area contributed by atoms with E-state index in [0.29, 0.717) is 11.8 Å². The van der Waals surface area contributed by atoms with Crippen molar-refractivity contribution in [2.24, 2.45) is 5.92 Å². The van der Waals surface area contributed by atoms with E-state index in [4.69, 9.17) is 0 Å². The molecule has 2 rings (SSSR count). The van der Waals surface area contributed by atoms with Crippen LogP contribution in [-0.4, -0.2) is 23.8 Å². The first kappa shape index (κ1) is 13.6. The van der Waals surface area contributed by atoms with Crippen LogP contribution in [0.4, 0.5) is 0 Å². The molecule has 0 amide bonds. The minimum absolute atomic E-state index is 0.316. The molecule has 0 radical (unpaired) electrons. The first-order valence-electron chi connectivity index (χ1n) is 7.03. The van der Waals surface area contributed by atoms with Gasteiger partial charge in [0.15, 0.2) is 0 Å². The molecule has 2 nitrogen and oxygen atoms in total. The maximum Gasteiger partial charge on any atom is 0.0737 e. The molecule has 1 aliphatic heterocycles. The average molecular weight is 247 g/mol. The lowest BCUT2D eigenvalue weighted by Gasteiger charge is -2.38. The van der Waals surface area contributed by atoms with E-state index in [2.05, 4.69) is 50.4 Å². The van der Waals surface area contributed by atoms with Crippen molar-refractivity contribution in [1.29, 1.82) is 0 Å². The number of rotatable bonds is 3. The highest BCUT2D eigenvalue weighted by molar-refractivity contribution is 5.26. The summed E-state index contributed by atoms with van der Waals surface area (Å²) in [6.45, 7) is 8.38. The Morgan fingerprint density at radius 2 is 2.00 bits per heavy atom. The van der Waals surface area contributed by atoms with Gasteiger partial charge in [0.05, 0.1) is 5.60 Å². The van der Waals surface area contributed by atoms with Crippen molar-refractivity contribution in [3.05, 3.63) is 35.4 Å². The topological polar surface area (TPSA) is 32.3 Å². The molecule has 18 heavy (non-hydrogen) atoms. The summed E-state index contributed by atoms with van der Waals surface area (Å²) in [5.41, 5.74) is 2.07. The Labute approximate surface area is 110 Å². The van der Waals surface area contributed by atoms with Crippen LogP contribution in [0.2, 0.25) is 0 Å². The minimum Gasteiger partial charge on any atom is -0.389 e. The van der Waals surface area contributed by atoms with Gasteiger partial charge < -0.3 is 10.4 Å². The number of benzene rings is 1. The number of hydrogen-bond acceptors (Lipinski definition) is 2. The summed E-state index contributed by atoms with van der Waals surface area (Å²) in [6, 6.07) is 8.72. The quantitative estimate of drug-likeness (QED) is 0.861. The molecule has 2 N–H and O–H groups in total. The number of piperidine rings is 1. The zero-order valence-corrected chi connectivity index (χ0v) is 11.7. The predicted molar refractivity (Wildman–Crippen MR) is 75.8 cm³/mol. The second-order valence-corrected chi connectivity index (χ2v) is 6.03. The van der Waals surface area contributed by atoms with Crippen LogP contribution in [0.1, 0.15) is 44.2 Å². The largest absolute Gasteiger partial charge is 0.389 e. The molecule has 0 saturated carbocycles. The van der Waals surface area contributed by atoms with Crippen LogP contribution in [0, 0.1) is 5.92 Å². The van der Waals surface area contributed by atoms with Gasteiger partial charge in [0.1, 0.15) is 0 Å². The number of hydrogen-bond donors (Lipinski definition) is 2.